The highest BCUT2D eigenvalue weighted by Gasteiger charge is 2.36. The summed E-state index contributed by atoms with van der Waals surface area (Å²) in [5.41, 5.74) is 0.176. The van der Waals surface area contributed by atoms with E-state index in [1.54, 1.807) is 7.05 Å². The molecule has 0 aromatic heterocycles. The molecule has 1 aliphatic rings. The van der Waals surface area contributed by atoms with E-state index in [1.165, 1.54) is 4.90 Å². The van der Waals surface area contributed by atoms with Crippen molar-refractivity contribution in [1.82, 2.24) is 4.90 Å². The molecule has 0 amide bonds. The van der Waals surface area contributed by atoms with Crippen molar-refractivity contribution in [2.75, 3.05) is 13.6 Å². The Morgan fingerprint density at radius 1 is 1.54 bits per heavy atom. The summed E-state index contributed by atoms with van der Waals surface area (Å²) in [7, 11) is 1.61. The second-order valence-corrected chi connectivity index (χ2v) is 2.85. The van der Waals surface area contributed by atoms with Gasteiger partial charge in [0.15, 0.2) is 5.70 Å². The van der Waals surface area contributed by atoms with Gasteiger partial charge in [0, 0.05) is 24.9 Å². The Bertz CT molecular complexity index is 275. The van der Waals surface area contributed by atoms with E-state index in [2.05, 4.69) is 0 Å². The first-order valence-electron chi connectivity index (χ1n) is 3.72. The second kappa shape index (κ2) is 3.38. The molecule has 1 rings (SSSR count). The van der Waals surface area contributed by atoms with Crippen LogP contribution in [0.5, 0.6) is 0 Å². The number of rotatable bonds is 2. The van der Waals surface area contributed by atoms with Gasteiger partial charge >= 0.3 is 0 Å². The molecule has 7 nitrogen and oxygen atoms in total. The Labute approximate surface area is 73.9 Å². The molecule has 7 heteroatoms. The highest BCUT2D eigenvalue weighted by molar-refractivity contribution is 5.08. The molecule has 1 aliphatic heterocycles. The van der Waals surface area contributed by atoms with Crippen LogP contribution in [0.2, 0.25) is 0 Å². The molecule has 1 fully saturated rings. The van der Waals surface area contributed by atoms with Gasteiger partial charge in [-0.15, -0.1) is 0 Å². The fourth-order valence-electron chi connectivity index (χ4n) is 1.35. The van der Waals surface area contributed by atoms with E-state index < -0.39 is 15.9 Å². The van der Waals surface area contributed by atoms with Crippen LogP contribution >= 0.6 is 0 Å². The van der Waals surface area contributed by atoms with Crippen LogP contribution < -0.4 is 0 Å². The van der Waals surface area contributed by atoms with Crippen LogP contribution in [0, 0.1) is 20.2 Å². The molecule has 1 atom stereocenters. The number of likely N-dealkylation sites (N-methyl/N-ethyl adjacent to an activating group) is 1. The van der Waals surface area contributed by atoms with E-state index in [4.69, 9.17) is 0 Å². The zero-order valence-corrected chi connectivity index (χ0v) is 7.04. The van der Waals surface area contributed by atoms with E-state index in [1.807, 2.05) is 0 Å². The predicted octanol–water partition coefficient (Wildman–Crippen LogP) is 0.0853. The highest BCUT2D eigenvalue weighted by Crippen LogP contribution is 2.21. The van der Waals surface area contributed by atoms with Crippen molar-refractivity contribution in [3.63, 3.8) is 0 Å². The standard InChI is InChI=1S/C6H9N3O4/c1-7-3-2-5(9(12)13)6(7)4-8(10)11/h4-5H,2-3H2,1H3. The van der Waals surface area contributed by atoms with Crippen molar-refractivity contribution in [1.29, 1.82) is 0 Å². The van der Waals surface area contributed by atoms with Crippen molar-refractivity contribution in [3.05, 3.63) is 32.1 Å². The molecule has 0 spiro atoms. The van der Waals surface area contributed by atoms with Gasteiger partial charge in [0.1, 0.15) is 0 Å². The maximum Gasteiger partial charge on any atom is 0.260 e. The molecule has 0 saturated carbocycles. The molecule has 13 heavy (non-hydrogen) atoms. The Kier molecular flexibility index (Phi) is 2.45. The van der Waals surface area contributed by atoms with Gasteiger partial charge in [-0.3, -0.25) is 20.2 Å². The Hall–Kier alpha value is -1.66. The van der Waals surface area contributed by atoms with Crippen molar-refractivity contribution >= 4 is 0 Å². The van der Waals surface area contributed by atoms with Gasteiger partial charge in [-0.05, 0) is 0 Å². The van der Waals surface area contributed by atoms with Crippen molar-refractivity contribution < 1.29 is 9.85 Å². The molecule has 0 N–H and O–H groups in total. The molecule has 0 aromatic rings. The maximum atomic E-state index is 10.5. The minimum atomic E-state index is -0.921. The third-order valence-electron chi connectivity index (χ3n) is 2.01. The summed E-state index contributed by atoms with van der Waals surface area (Å²) < 4.78 is 0. The molecule has 0 bridgehead atoms. The van der Waals surface area contributed by atoms with Crippen molar-refractivity contribution in [2.24, 2.45) is 0 Å². The molecule has 1 heterocycles. The van der Waals surface area contributed by atoms with Crippen LogP contribution in [0.3, 0.4) is 0 Å². The number of hydrogen-bond donors (Lipinski definition) is 0. The summed E-state index contributed by atoms with van der Waals surface area (Å²) in [5.74, 6) is 0. The number of nitro groups is 2. The summed E-state index contributed by atoms with van der Waals surface area (Å²) in [5, 5.41) is 20.6. The lowest BCUT2D eigenvalue weighted by atomic mass is 10.2. The molecule has 0 radical (unpaired) electrons. The average molecular weight is 187 g/mol. The minimum Gasteiger partial charge on any atom is -0.367 e. The highest BCUT2D eigenvalue weighted by atomic mass is 16.6. The maximum absolute atomic E-state index is 10.5. The summed E-state index contributed by atoms with van der Waals surface area (Å²) in [6, 6.07) is -0.921. The second-order valence-electron chi connectivity index (χ2n) is 2.85. The summed E-state index contributed by atoms with van der Waals surface area (Å²) in [4.78, 5) is 21.0. The van der Waals surface area contributed by atoms with Crippen LogP contribution in [0.25, 0.3) is 0 Å². The molecule has 1 unspecified atom stereocenters. The Balaban J connectivity index is 2.89. The van der Waals surface area contributed by atoms with Gasteiger partial charge in [0.25, 0.3) is 12.2 Å². The summed E-state index contributed by atoms with van der Waals surface area (Å²) in [6.07, 6.45) is 1.05. The number of hydrogen-bond acceptors (Lipinski definition) is 5. The zero-order valence-electron chi connectivity index (χ0n) is 7.04. The Morgan fingerprint density at radius 2 is 2.15 bits per heavy atom. The van der Waals surface area contributed by atoms with E-state index in [0.29, 0.717) is 19.2 Å². The lowest BCUT2D eigenvalue weighted by Gasteiger charge is -2.09. The molecule has 1 saturated heterocycles. The van der Waals surface area contributed by atoms with Crippen LogP contribution in [0.4, 0.5) is 0 Å². The van der Waals surface area contributed by atoms with Gasteiger partial charge in [-0.25, -0.2) is 0 Å². The molecule has 0 aliphatic carbocycles. The lowest BCUT2D eigenvalue weighted by molar-refractivity contribution is -0.512. The van der Waals surface area contributed by atoms with Gasteiger partial charge < -0.3 is 4.90 Å². The fraction of sp³-hybridized carbons (Fsp3) is 0.667. The van der Waals surface area contributed by atoms with E-state index in [-0.39, 0.29) is 5.70 Å². The van der Waals surface area contributed by atoms with Crippen molar-refractivity contribution in [2.45, 2.75) is 12.5 Å². The van der Waals surface area contributed by atoms with Gasteiger partial charge in [0.05, 0.1) is 4.92 Å². The normalized spacial score (nSPS) is 25.2. The van der Waals surface area contributed by atoms with E-state index in [9.17, 15) is 20.2 Å². The van der Waals surface area contributed by atoms with Crippen LogP contribution in [-0.2, 0) is 0 Å². The largest absolute Gasteiger partial charge is 0.367 e. The van der Waals surface area contributed by atoms with E-state index >= 15 is 0 Å². The topological polar surface area (TPSA) is 89.5 Å². The minimum absolute atomic E-state index is 0.176. The first-order valence-corrected chi connectivity index (χ1v) is 3.72. The first kappa shape index (κ1) is 9.43. The average Bonchev–Trinajstić information content (AvgIpc) is 2.32. The molecular formula is C6H9N3O4. The lowest BCUT2D eigenvalue weighted by Crippen LogP contribution is -2.22. The quantitative estimate of drug-likeness (QED) is 0.451. The van der Waals surface area contributed by atoms with Gasteiger partial charge in [0.2, 0.25) is 0 Å². The van der Waals surface area contributed by atoms with Crippen LogP contribution in [0.1, 0.15) is 6.42 Å². The van der Waals surface area contributed by atoms with E-state index in [0.717, 1.165) is 0 Å². The smallest absolute Gasteiger partial charge is 0.260 e. The molecular weight excluding hydrogens is 178 g/mol. The third-order valence-corrected chi connectivity index (χ3v) is 2.01. The van der Waals surface area contributed by atoms with Crippen LogP contribution in [-0.4, -0.2) is 34.4 Å². The number of likely N-dealkylation sites (tertiary alicyclic amines) is 1. The molecule has 72 valence electrons. The SMILES string of the molecule is CN1CCC([N+](=O)[O-])C1=C[N+](=O)[O-]. The Morgan fingerprint density at radius 3 is 2.62 bits per heavy atom. The van der Waals surface area contributed by atoms with Crippen LogP contribution in [0.15, 0.2) is 11.9 Å². The van der Waals surface area contributed by atoms with Gasteiger partial charge in [-0.2, -0.15) is 0 Å². The zero-order chi connectivity index (χ0) is 10.0. The first-order chi connectivity index (χ1) is 6.02. The fourth-order valence-corrected chi connectivity index (χ4v) is 1.35. The molecule has 0 aromatic carbocycles. The summed E-state index contributed by atoms with van der Waals surface area (Å²) in [6.45, 7) is 0.491. The van der Waals surface area contributed by atoms with Gasteiger partial charge in [-0.1, -0.05) is 0 Å². The summed E-state index contributed by atoms with van der Waals surface area (Å²) >= 11 is 0. The third kappa shape index (κ3) is 1.92. The van der Waals surface area contributed by atoms with Crippen molar-refractivity contribution in [3.8, 4) is 0 Å². The number of nitrogens with zero attached hydrogens (tertiary/aromatic N) is 3. The monoisotopic (exact) mass is 187 g/mol. The predicted molar refractivity (Wildman–Crippen MR) is 43.1 cm³/mol.